The maximum atomic E-state index is 12.2. The number of carbonyl (C=O) groups is 2. The molecule has 0 aliphatic heterocycles. The SMILES string of the molecule is CC(C)C(=O)Nc1nc(CC(=O)Nc2ccc(Oc3ncccn3)cc2)cs1. The molecule has 0 aliphatic carbocycles. The van der Waals surface area contributed by atoms with Gasteiger partial charge in [0, 0.05) is 29.4 Å². The molecule has 2 heterocycles. The molecule has 0 spiro atoms. The second kappa shape index (κ2) is 9.05. The highest BCUT2D eigenvalue weighted by atomic mass is 32.1. The summed E-state index contributed by atoms with van der Waals surface area (Å²) in [6.07, 6.45) is 3.30. The third kappa shape index (κ3) is 5.58. The van der Waals surface area contributed by atoms with Crippen LogP contribution in [0.4, 0.5) is 10.8 Å². The van der Waals surface area contributed by atoms with Crippen molar-refractivity contribution in [3.8, 4) is 11.8 Å². The van der Waals surface area contributed by atoms with Crippen LogP contribution in [0.2, 0.25) is 0 Å². The Bertz CT molecular complexity index is 942. The molecule has 9 heteroatoms. The van der Waals surface area contributed by atoms with Crippen LogP contribution in [0.3, 0.4) is 0 Å². The first kappa shape index (κ1) is 19.4. The number of anilines is 2. The molecule has 0 bridgehead atoms. The molecule has 8 nitrogen and oxygen atoms in total. The van der Waals surface area contributed by atoms with Gasteiger partial charge in [-0.3, -0.25) is 9.59 Å². The van der Waals surface area contributed by atoms with Crippen LogP contribution in [0.15, 0.2) is 48.1 Å². The van der Waals surface area contributed by atoms with Crippen molar-refractivity contribution in [1.82, 2.24) is 15.0 Å². The number of rotatable bonds is 7. The first-order chi connectivity index (χ1) is 13.5. The summed E-state index contributed by atoms with van der Waals surface area (Å²) in [5, 5.41) is 7.77. The number of ether oxygens (including phenoxy) is 1. The lowest BCUT2D eigenvalue weighted by Gasteiger charge is -2.06. The van der Waals surface area contributed by atoms with E-state index in [0.29, 0.717) is 22.3 Å². The Labute approximate surface area is 166 Å². The Morgan fingerprint density at radius 1 is 1.11 bits per heavy atom. The van der Waals surface area contributed by atoms with Crippen LogP contribution in [-0.2, 0) is 16.0 Å². The van der Waals surface area contributed by atoms with Crippen LogP contribution in [0, 0.1) is 5.92 Å². The molecule has 2 aromatic heterocycles. The zero-order chi connectivity index (χ0) is 19.9. The van der Waals surface area contributed by atoms with Crippen molar-refractivity contribution in [3.63, 3.8) is 0 Å². The average Bonchev–Trinajstić information content (AvgIpc) is 3.10. The van der Waals surface area contributed by atoms with Crippen LogP contribution in [-0.4, -0.2) is 26.8 Å². The second-order valence-electron chi connectivity index (χ2n) is 6.17. The number of nitrogens with one attached hydrogen (secondary N) is 2. The predicted octanol–water partition coefficient (Wildman–Crippen LogP) is 3.50. The lowest BCUT2D eigenvalue weighted by atomic mass is 10.2. The molecule has 0 fully saturated rings. The molecular formula is C19H19N5O3S. The predicted molar refractivity (Wildman–Crippen MR) is 106 cm³/mol. The first-order valence-electron chi connectivity index (χ1n) is 8.59. The molecule has 28 heavy (non-hydrogen) atoms. The van der Waals surface area contributed by atoms with E-state index in [2.05, 4.69) is 25.6 Å². The molecular weight excluding hydrogens is 378 g/mol. The quantitative estimate of drug-likeness (QED) is 0.632. The Kier molecular flexibility index (Phi) is 6.28. The average molecular weight is 397 g/mol. The van der Waals surface area contributed by atoms with Crippen molar-refractivity contribution < 1.29 is 14.3 Å². The van der Waals surface area contributed by atoms with Gasteiger partial charge in [-0.25, -0.2) is 15.0 Å². The molecule has 144 valence electrons. The van der Waals surface area contributed by atoms with Gasteiger partial charge in [-0.1, -0.05) is 13.8 Å². The standard InChI is InChI=1S/C19H19N5O3S/c1-12(2)17(26)24-19-23-14(11-28-19)10-16(25)22-13-4-6-15(7-5-13)27-18-20-8-3-9-21-18/h3-9,11-12H,10H2,1-2H3,(H,22,25)(H,23,24,26). The number of hydrogen-bond acceptors (Lipinski definition) is 7. The maximum Gasteiger partial charge on any atom is 0.321 e. The molecule has 0 unspecified atom stereocenters. The first-order valence-corrected chi connectivity index (χ1v) is 9.47. The second-order valence-corrected chi connectivity index (χ2v) is 7.03. The molecule has 3 rings (SSSR count). The summed E-state index contributed by atoms with van der Waals surface area (Å²) in [4.78, 5) is 36.1. The van der Waals surface area contributed by atoms with Gasteiger partial charge in [-0.15, -0.1) is 11.3 Å². The van der Waals surface area contributed by atoms with Crippen molar-refractivity contribution in [2.75, 3.05) is 10.6 Å². The van der Waals surface area contributed by atoms with Crippen LogP contribution in [0.1, 0.15) is 19.5 Å². The normalized spacial score (nSPS) is 10.5. The molecule has 1 aromatic carbocycles. The summed E-state index contributed by atoms with van der Waals surface area (Å²) in [7, 11) is 0. The Morgan fingerprint density at radius 3 is 2.50 bits per heavy atom. The minimum Gasteiger partial charge on any atom is -0.424 e. The third-order valence-corrected chi connectivity index (χ3v) is 4.34. The Balaban J connectivity index is 1.52. The smallest absolute Gasteiger partial charge is 0.321 e. The van der Waals surface area contributed by atoms with Gasteiger partial charge in [0.05, 0.1) is 12.1 Å². The fourth-order valence-corrected chi connectivity index (χ4v) is 2.83. The summed E-state index contributed by atoms with van der Waals surface area (Å²) in [6, 6.07) is 8.84. The molecule has 0 aliphatic rings. The van der Waals surface area contributed by atoms with Crippen LogP contribution in [0.25, 0.3) is 0 Å². The molecule has 0 saturated carbocycles. The lowest BCUT2D eigenvalue weighted by Crippen LogP contribution is -2.18. The van der Waals surface area contributed by atoms with E-state index in [4.69, 9.17) is 4.74 Å². The van der Waals surface area contributed by atoms with Crippen LogP contribution >= 0.6 is 11.3 Å². The summed E-state index contributed by atoms with van der Waals surface area (Å²) < 4.78 is 5.51. The molecule has 2 amide bonds. The fourth-order valence-electron chi connectivity index (χ4n) is 2.11. The van der Waals surface area contributed by atoms with Gasteiger partial charge < -0.3 is 15.4 Å². The fraction of sp³-hybridized carbons (Fsp3) is 0.211. The number of carbonyl (C=O) groups excluding carboxylic acids is 2. The van der Waals surface area contributed by atoms with Gasteiger partial charge in [-0.05, 0) is 30.3 Å². The van der Waals surface area contributed by atoms with E-state index in [0.717, 1.165) is 0 Å². The van der Waals surface area contributed by atoms with E-state index in [1.54, 1.807) is 62.0 Å². The summed E-state index contributed by atoms with van der Waals surface area (Å²) in [6.45, 7) is 3.61. The largest absolute Gasteiger partial charge is 0.424 e. The van der Waals surface area contributed by atoms with Crippen LogP contribution < -0.4 is 15.4 Å². The summed E-state index contributed by atoms with van der Waals surface area (Å²) in [5.41, 5.74) is 1.23. The summed E-state index contributed by atoms with van der Waals surface area (Å²) >= 11 is 1.29. The van der Waals surface area contributed by atoms with Gasteiger partial charge in [0.15, 0.2) is 5.13 Å². The zero-order valence-electron chi connectivity index (χ0n) is 15.4. The van der Waals surface area contributed by atoms with Crippen molar-refractivity contribution in [1.29, 1.82) is 0 Å². The molecule has 0 saturated heterocycles. The highest BCUT2D eigenvalue weighted by molar-refractivity contribution is 7.13. The Morgan fingerprint density at radius 2 is 1.82 bits per heavy atom. The molecule has 2 N–H and O–H groups in total. The molecule has 0 radical (unpaired) electrons. The number of nitrogens with zero attached hydrogens (tertiary/aromatic N) is 3. The van der Waals surface area contributed by atoms with E-state index >= 15 is 0 Å². The van der Waals surface area contributed by atoms with Crippen molar-refractivity contribution in [3.05, 3.63) is 53.8 Å². The van der Waals surface area contributed by atoms with Gasteiger partial charge in [0.1, 0.15) is 5.75 Å². The van der Waals surface area contributed by atoms with E-state index in [9.17, 15) is 9.59 Å². The minimum absolute atomic E-state index is 0.103. The van der Waals surface area contributed by atoms with Crippen molar-refractivity contribution in [2.45, 2.75) is 20.3 Å². The van der Waals surface area contributed by atoms with Crippen molar-refractivity contribution >= 4 is 34.0 Å². The molecule has 3 aromatic rings. The zero-order valence-corrected chi connectivity index (χ0v) is 16.2. The number of hydrogen-bond donors (Lipinski definition) is 2. The Hall–Kier alpha value is -3.33. The van der Waals surface area contributed by atoms with Gasteiger partial charge >= 0.3 is 6.01 Å². The number of amides is 2. The van der Waals surface area contributed by atoms with Crippen LogP contribution in [0.5, 0.6) is 11.8 Å². The molecule has 0 atom stereocenters. The van der Waals surface area contributed by atoms with E-state index < -0.39 is 0 Å². The number of thiazole rings is 1. The number of benzene rings is 1. The highest BCUT2D eigenvalue weighted by Crippen LogP contribution is 2.21. The van der Waals surface area contributed by atoms with Gasteiger partial charge in [-0.2, -0.15) is 0 Å². The summed E-state index contributed by atoms with van der Waals surface area (Å²) in [5.74, 6) is 0.131. The monoisotopic (exact) mass is 397 g/mol. The van der Waals surface area contributed by atoms with E-state index in [1.165, 1.54) is 11.3 Å². The number of aromatic nitrogens is 3. The highest BCUT2D eigenvalue weighted by Gasteiger charge is 2.12. The topological polar surface area (TPSA) is 106 Å². The maximum absolute atomic E-state index is 12.2. The van der Waals surface area contributed by atoms with Gasteiger partial charge in [0.2, 0.25) is 11.8 Å². The van der Waals surface area contributed by atoms with Crippen molar-refractivity contribution in [2.24, 2.45) is 5.92 Å². The lowest BCUT2D eigenvalue weighted by molar-refractivity contribution is -0.119. The van der Waals surface area contributed by atoms with E-state index in [1.807, 2.05) is 0 Å². The third-order valence-electron chi connectivity index (χ3n) is 3.54. The van der Waals surface area contributed by atoms with E-state index in [-0.39, 0.29) is 30.2 Å². The van der Waals surface area contributed by atoms with Gasteiger partial charge in [0.25, 0.3) is 0 Å². The minimum atomic E-state index is -0.202.